The molecule has 1 heterocycles. The van der Waals surface area contributed by atoms with Crippen LogP contribution in [0.15, 0.2) is 12.1 Å². The Morgan fingerprint density at radius 3 is 2.12 bits per heavy atom. The molecule has 16 heavy (non-hydrogen) atoms. The Bertz CT molecular complexity index is 528. The molecule has 1 atom stereocenters. The van der Waals surface area contributed by atoms with E-state index in [1.165, 1.54) is 6.92 Å². The number of hydrogen-bond donors (Lipinski definition) is 1. The number of carbonyl (C=O) groups is 1. The van der Waals surface area contributed by atoms with E-state index in [-0.39, 0.29) is 11.0 Å². The van der Waals surface area contributed by atoms with Crippen LogP contribution in [0.4, 0.5) is 8.78 Å². The van der Waals surface area contributed by atoms with Gasteiger partial charge in [-0.05, 0) is 6.92 Å². The molecule has 0 saturated heterocycles. The van der Waals surface area contributed by atoms with E-state index >= 15 is 0 Å². The number of hydrogen-bond acceptors (Lipinski definition) is 3. The first kappa shape index (κ1) is 10.5. The molecule has 0 aliphatic heterocycles. The third kappa shape index (κ3) is 1.60. The van der Waals surface area contributed by atoms with Crippen molar-refractivity contribution in [2.75, 3.05) is 0 Å². The van der Waals surface area contributed by atoms with Gasteiger partial charge in [0.05, 0.1) is 0 Å². The Labute approximate surface area is 88.3 Å². The Morgan fingerprint density at radius 1 is 1.31 bits per heavy atom. The maximum absolute atomic E-state index is 12.8. The van der Waals surface area contributed by atoms with Crippen LogP contribution in [-0.4, -0.2) is 26.1 Å². The maximum atomic E-state index is 12.8. The lowest BCUT2D eigenvalue weighted by Crippen LogP contribution is -2.17. The third-order valence-electron chi connectivity index (χ3n) is 2.14. The summed E-state index contributed by atoms with van der Waals surface area (Å²) in [6.07, 6.45) is 0. The summed E-state index contributed by atoms with van der Waals surface area (Å²) in [5.41, 5.74) is 0.235. The smallest absolute Gasteiger partial charge is 0.330 e. The van der Waals surface area contributed by atoms with E-state index < -0.39 is 23.6 Å². The number of aliphatic carboxylic acids is 1. The zero-order valence-corrected chi connectivity index (χ0v) is 8.19. The Morgan fingerprint density at radius 2 is 1.75 bits per heavy atom. The molecule has 7 heteroatoms. The molecule has 0 fully saturated rings. The molecule has 1 N–H and O–H groups in total. The molecule has 2 rings (SSSR count). The maximum Gasteiger partial charge on any atom is 0.330 e. The van der Waals surface area contributed by atoms with Crippen molar-refractivity contribution in [2.45, 2.75) is 13.0 Å². The molecule has 2 aromatic rings. The van der Waals surface area contributed by atoms with Gasteiger partial charge >= 0.3 is 5.97 Å². The van der Waals surface area contributed by atoms with Crippen LogP contribution in [0.3, 0.4) is 0 Å². The average Bonchev–Trinajstić information content (AvgIpc) is 2.60. The lowest BCUT2D eigenvalue weighted by Gasteiger charge is -2.02. The molecule has 0 saturated carbocycles. The molecule has 1 aromatic carbocycles. The van der Waals surface area contributed by atoms with Gasteiger partial charge in [-0.2, -0.15) is 15.0 Å². The van der Waals surface area contributed by atoms with Gasteiger partial charge in [-0.3, -0.25) is 0 Å². The van der Waals surface area contributed by atoms with Gasteiger partial charge < -0.3 is 5.11 Å². The monoisotopic (exact) mass is 227 g/mol. The predicted molar refractivity (Wildman–Crippen MR) is 49.8 cm³/mol. The number of rotatable bonds is 2. The van der Waals surface area contributed by atoms with Crippen LogP contribution < -0.4 is 0 Å². The number of fused-ring (bicyclic) bond motifs is 1. The fraction of sp³-hybridized carbons (Fsp3) is 0.222. The van der Waals surface area contributed by atoms with Crippen molar-refractivity contribution in [1.29, 1.82) is 0 Å². The number of halogens is 2. The van der Waals surface area contributed by atoms with Crippen LogP contribution in [0.1, 0.15) is 13.0 Å². The normalized spacial score (nSPS) is 12.9. The first-order valence-corrected chi connectivity index (χ1v) is 4.43. The molecule has 0 radical (unpaired) electrons. The number of nitrogens with zero attached hydrogens (tertiary/aromatic N) is 3. The summed E-state index contributed by atoms with van der Waals surface area (Å²) in [7, 11) is 0. The Hall–Kier alpha value is -2.05. The van der Waals surface area contributed by atoms with Crippen molar-refractivity contribution in [3.63, 3.8) is 0 Å². The van der Waals surface area contributed by atoms with Crippen molar-refractivity contribution in [3.05, 3.63) is 23.8 Å². The van der Waals surface area contributed by atoms with Crippen molar-refractivity contribution < 1.29 is 18.7 Å². The van der Waals surface area contributed by atoms with E-state index in [1.54, 1.807) is 0 Å². The molecule has 5 nitrogen and oxygen atoms in total. The Kier molecular flexibility index (Phi) is 2.30. The van der Waals surface area contributed by atoms with E-state index in [4.69, 9.17) is 5.11 Å². The number of aromatic nitrogens is 3. The largest absolute Gasteiger partial charge is 0.480 e. The third-order valence-corrected chi connectivity index (χ3v) is 2.14. The summed E-state index contributed by atoms with van der Waals surface area (Å²) in [4.78, 5) is 11.6. The predicted octanol–water partition coefficient (Wildman–Crippen LogP) is 1.36. The van der Waals surface area contributed by atoms with E-state index in [2.05, 4.69) is 10.2 Å². The molecule has 0 spiro atoms. The fourth-order valence-electron chi connectivity index (χ4n) is 1.20. The van der Waals surface area contributed by atoms with Crippen molar-refractivity contribution in [1.82, 2.24) is 15.0 Å². The van der Waals surface area contributed by atoms with E-state index in [1.807, 2.05) is 0 Å². The molecule has 84 valence electrons. The van der Waals surface area contributed by atoms with Crippen LogP contribution in [0, 0.1) is 11.6 Å². The van der Waals surface area contributed by atoms with E-state index in [0.29, 0.717) is 0 Å². The SMILES string of the molecule is CC(C(=O)O)n1nc2cc(F)c(F)cc2n1. The molecular weight excluding hydrogens is 220 g/mol. The second kappa shape index (κ2) is 3.51. The summed E-state index contributed by atoms with van der Waals surface area (Å²) in [6.45, 7) is 1.37. The molecule has 1 aromatic heterocycles. The van der Waals surface area contributed by atoms with Crippen LogP contribution in [-0.2, 0) is 4.79 Å². The molecule has 0 aliphatic carbocycles. The highest BCUT2D eigenvalue weighted by Crippen LogP contribution is 2.16. The van der Waals surface area contributed by atoms with Gasteiger partial charge in [-0.15, -0.1) is 0 Å². The van der Waals surface area contributed by atoms with Crippen molar-refractivity contribution in [2.24, 2.45) is 0 Å². The van der Waals surface area contributed by atoms with Crippen LogP contribution in [0.5, 0.6) is 0 Å². The van der Waals surface area contributed by atoms with Crippen molar-refractivity contribution in [3.8, 4) is 0 Å². The second-order valence-electron chi connectivity index (χ2n) is 3.29. The standard InChI is InChI=1S/C9H7F2N3O2/c1-4(9(15)16)14-12-7-2-5(10)6(11)3-8(7)13-14/h2-4H,1H3,(H,15,16). The van der Waals surface area contributed by atoms with Crippen LogP contribution in [0.2, 0.25) is 0 Å². The van der Waals surface area contributed by atoms with Gasteiger partial charge in [-0.25, -0.2) is 13.6 Å². The summed E-state index contributed by atoms with van der Waals surface area (Å²) in [6, 6.07) is 0.768. The van der Waals surface area contributed by atoms with Gasteiger partial charge in [0.1, 0.15) is 11.0 Å². The first-order valence-electron chi connectivity index (χ1n) is 4.43. The highest BCUT2D eigenvalue weighted by atomic mass is 19.2. The topological polar surface area (TPSA) is 68.0 Å². The lowest BCUT2D eigenvalue weighted by atomic mass is 10.3. The van der Waals surface area contributed by atoms with Crippen molar-refractivity contribution >= 4 is 17.0 Å². The minimum absolute atomic E-state index is 0.118. The van der Waals surface area contributed by atoms with Gasteiger partial charge in [0, 0.05) is 12.1 Å². The highest BCUT2D eigenvalue weighted by molar-refractivity contribution is 5.75. The van der Waals surface area contributed by atoms with Gasteiger partial charge in [0.2, 0.25) is 0 Å². The van der Waals surface area contributed by atoms with Gasteiger partial charge in [0.15, 0.2) is 17.7 Å². The zero-order chi connectivity index (χ0) is 11.9. The van der Waals surface area contributed by atoms with Crippen LogP contribution in [0.25, 0.3) is 11.0 Å². The molecular formula is C9H7F2N3O2. The quantitative estimate of drug-likeness (QED) is 0.840. The lowest BCUT2D eigenvalue weighted by molar-refractivity contribution is -0.140. The molecule has 1 unspecified atom stereocenters. The summed E-state index contributed by atoms with van der Waals surface area (Å²) >= 11 is 0. The first-order chi connectivity index (χ1) is 7.49. The molecule has 0 amide bonds. The second-order valence-corrected chi connectivity index (χ2v) is 3.29. The number of benzene rings is 1. The van der Waals surface area contributed by atoms with Gasteiger partial charge in [-0.1, -0.05) is 0 Å². The summed E-state index contributed by atoms with van der Waals surface area (Å²) in [5, 5.41) is 16.2. The zero-order valence-electron chi connectivity index (χ0n) is 8.19. The fourth-order valence-corrected chi connectivity index (χ4v) is 1.20. The number of carboxylic acid groups (broad SMARTS) is 1. The molecule has 0 bridgehead atoms. The Balaban J connectivity index is 2.56. The average molecular weight is 227 g/mol. The minimum atomic E-state index is -1.12. The van der Waals surface area contributed by atoms with Crippen LogP contribution >= 0.6 is 0 Å². The van der Waals surface area contributed by atoms with Gasteiger partial charge in [0.25, 0.3) is 0 Å². The van der Waals surface area contributed by atoms with E-state index in [9.17, 15) is 13.6 Å². The summed E-state index contributed by atoms with van der Waals surface area (Å²) < 4.78 is 25.7. The molecule has 0 aliphatic rings. The highest BCUT2D eigenvalue weighted by Gasteiger charge is 2.17. The van der Waals surface area contributed by atoms with E-state index in [0.717, 1.165) is 16.9 Å². The minimum Gasteiger partial charge on any atom is -0.480 e. The summed E-state index contributed by atoms with van der Waals surface area (Å²) in [5.74, 6) is -3.20. The number of carboxylic acids is 1.